The van der Waals surface area contributed by atoms with Crippen molar-refractivity contribution in [3.05, 3.63) is 34.3 Å². The van der Waals surface area contributed by atoms with Gasteiger partial charge in [-0.3, -0.25) is 4.79 Å². The normalized spacial score (nSPS) is 10.3. The van der Waals surface area contributed by atoms with Crippen molar-refractivity contribution in [1.82, 2.24) is 0 Å². The highest BCUT2D eigenvalue weighted by Gasteiger charge is 1.99. The number of carbonyl (C=O) groups is 1. The maximum Gasteiger partial charge on any atom is 0.305 e. The molecule has 4 heteroatoms. The van der Waals surface area contributed by atoms with Crippen LogP contribution in [0.3, 0.4) is 0 Å². The lowest BCUT2D eigenvalue weighted by Crippen LogP contribution is -2.02. The molecule has 0 fully saturated rings. The van der Waals surface area contributed by atoms with Gasteiger partial charge in [0.25, 0.3) is 0 Å². The topological polar surface area (TPSA) is 46.5 Å². The number of rotatable bonds is 5. The SMILES string of the molecule is Cc1cc(COCCC(=O)O)ccc1Cl. The van der Waals surface area contributed by atoms with Gasteiger partial charge in [-0.05, 0) is 24.1 Å². The standard InChI is InChI=1S/C11H13ClO3/c1-8-6-9(2-3-10(8)12)7-15-5-4-11(13)14/h2-3,6H,4-5,7H2,1H3,(H,13,14). The van der Waals surface area contributed by atoms with Gasteiger partial charge in [0.1, 0.15) is 0 Å². The molecule has 0 atom stereocenters. The molecule has 1 aromatic carbocycles. The molecular formula is C11H13ClO3. The summed E-state index contributed by atoms with van der Waals surface area (Å²) in [7, 11) is 0. The Morgan fingerprint density at radius 1 is 1.53 bits per heavy atom. The molecule has 3 nitrogen and oxygen atoms in total. The molecule has 0 spiro atoms. The van der Waals surface area contributed by atoms with Crippen LogP contribution in [0.5, 0.6) is 0 Å². The third-order valence-corrected chi connectivity index (χ3v) is 2.38. The Morgan fingerprint density at radius 2 is 2.27 bits per heavy atom. The third kappa shape index (κ3) is 4.32. The molecule has 0 bridgehead atoms. The Balaban J connectivity index is 2.38. The van der Waals surface area contributed by atoms with Crippen molar-refractivity contribution in [2.45, 2.75) is 20.0 Å². The summed E-state index contributed by atoms with van der Waals surface area (Å²) in [5.41, 5.74) is 2.00. The van der Waals surface area contributed by atoms with E-state index in [4.69, 9.17) is 21.4 Å². The second-order valence-electron chi connectivity index (χ2n) is 3.28. The first-order chi connectivity index (χ1) is 7.09. The van der Waals surface area contributed by atoms with Gasteiger partial charge in [0.15, 0.2) is 0 Å². The average molecular weight is 229 g/mol. The molecule has 1 rings (SSSR count). The van der Waals surface area contributed by atoms with Crippen LogP contribution in [-0.2, 0) is 16.1 Å². The smallest absolute Gasteiger partial charge is 0.305 e. The zero-order valence-electron chi connectivity index (χ0n) is 8.50. The molecule has 0 radical (unpaired) electrons. The summed E-state index contributed by atoms with van der Waals surface area (Å²) < 4.78 is 5.20. The molecule has 0 saturated heterocycles. The first-order valence-corrected chi connectivity index (χ1v) is 5.02. The number of hydrogen-bond acceptors (Lipinski definition) is 2. The van der Waals surface area contributed by atoms with E-state index in [0.717, 1.165) is 16.1 Å². The highest BCUT2D eigenvalue weighted by molar-refractivity contribution is 6.31. The van der Waals surface area contributed by atoms with Gasteiger partial charge in [-0.15, -0.1) is 0 Å². The van der Waals surface area contributed by atoms with Crippen molar-refractivity contribution in [3.63, 3.8) is 0 Å². The van der Waals surface area contributed by atoms with E-state index >= 15 is 0 Å². The predicted molar refractivity (Wildman–Crippen MR) is 58.1 cm³/mol. The van der Waals surface area contributed by atoms with Gasteiger partial charge in [0.2, 0.25) is 0 Å². The van der Waals surface area contributed by atoms with E-state index in [2.05, 4.69) is 0 Å². The second kappa shape index (κ2) is 5.73. The number of hydrogen-bond donors (Lipinski definition) is 1. The minimum atomic E-state index is -0.845. The summed E-state index contributed by atoms with van der Waals surface area (Å²) in [6, 6.07) is 5.62. The van der Waals surface area contributed by atoms with E-state index in [1.165, 1.54) is 0 Å². The monoisotopic (exact) mass is 228 g/mol. The third-order valence-electron chi connectivity index (χ3n) is 1.95. The van der Waals surface area contributed by atoms with Gasteiger partial charge in [0, 0.05) is 5.02 Å². The molecular weight excluding hydrogens is 216 g/mol. The van der Waals surface area contributed by atoms with Crippen LogP contribution in [0, 0.1) is 6.92 Å². The number of ether oxygens (including phenoxy) is 1. The molecule has 82 valence electrons. The fourth-order valence-corrected chi connectivity index (χ4v) is 1.26. The molecule has 0 unspecified atom stereocenters. The maximum absolute atomic E-state index is 10.2. The van der Waals surface area contributed by atoms with Gasteiger partial charge in [-0.25, -0.2) is 0 Å². The molecule has 15 heavy (non-hydrogen) atoms. The van der Waals surface area contributed by atoms with E-state index in [9.17, 15) is 4.79 Å². The highest BCUT2D eigenvalue weighted by atomic mass is 35.5. The fraction of sp³-hybridized carbons (Fsp3) is 0.364. The number of halogens is 1. The van der Waals surface area contributed by atoms with Crippen molar-refractivity contribution in [1.29, 1.82) is 0 Å². The van der Waals surface area contributed by atoms with Crippen LogP contribution in [0.15, 0.2) is 18.2 Å². The maximum atomic E-state index is 10.2. The molecule has 1 N–H and O–H groups in total. The average Bonchev–Trinajstić information content (AvgIpc) is 2.18. The van der Waals surface area contributed by atoms with Gasteiger partial charge >= 0.3 is 5.97 Å². The van der Waals surface area contributed by atoms with Crippen molar-refractivity contribution < 1.29 is 14.6 Å². The molecule has 0 saturated carbocycles. The van der Waals surface area contributed by atoms with E-state index in [-0.39, 0.29) is 13.0 Å². The van der Waals surface area contributed by atoms with Crippen LogP contribution in [-0.4, -0.2) is 17.7 Å². The lowest BCUT2D eigenvalue weighted by Gasteiger charge is -2.04. The minimum Gasteiger partial charge on any atom is -0.481 e. The lowest BCUT2D eigenvalue weighted by atomic mass is 10.1. The Hall–Kier alpha value is -1.06. The second-order valence-corrected chi connectivity index (χ2v) is 3.69. The van der Waals surface area contributed by atoms with E-state index in [0.29, 0.717) is 6.61 Å². The zero-order chi connectivity index (χ0) is 11.3. The number of aliphatic carboxylic acids is 1. The molecule has 0 aliphatic rings. The number of benzene rings is 1. The molecule has 0 heterocycles. The Labute approximate surface area is 93.6 Å². The van der Waals surface area contributed by atoms with Crippen molar-refractivity contribution in [3.8, 4) is 0 Å². The Bertz CT molecular complexity index is 350. The number of carboxylic acids is 1. The molecule has 0 aliphatic carbocycles. The van der Waals surface area contributed by atoms with Gasteiger partial charge in [0.05, 0.1) is 19.6 Å². The lowest BCUT2D eigenvalue weighted by molar-refractivity contribution is -0.138. The first-order valence-electron chi connectivity index (χ1n) is 4.64. The van der Waals surface area contributed by atoms with Crippen LogP contribution >= 0.6 is 11.6 Å². The van der Waals surface area contributed by atoms with E-state index in [1.807, 2.05) is 25.1 Å². The van der Waals surface area contributed by atoms with Crippen LogP contribution in [0.4, 0.5) is 0 Å². The van der Waals surface area contributed by atoms with Crippen LogP contribution in [0.1, 0.15) is 17.5 Å². The van der Waals surface area contributed by atoms with Crippen LogP contribution < -0.4 is 0 Å². The van der Waals surface area contributed by atoms with Gasteiger partial charge < -0.3 is 9.84 Å². The van der Waals surface area contributed by atoms with Gasteiger partial charge in [-0.1, -0.05) is 23.7 Å². The highest BCUT2D eigenvalue weighted by Crippen LogP contribution is 2.16. The largest absolute Gasteiger partial charge is 0.481 e. The van der Waals surface area contributed by atoms with Gasteiger partial charge in [-0.2, -0.15) is 0 Å². The zero-order valence-corrected chi connectivity index (χ0v) is 9.25. The summed E-state index contributed by atoms with van der Waals surface area (Å²) in [5.74, 6) is -0.845. The molecule has 0 amide bonds. The number of aryl methyl sites for hydroxylation is 1. The molecule has 0 aliphatic heterocycles. The first kappa shape index (κ1) is 12.0. The Morgan fingerprint density at radius 3 is 2.87 bits per heavy atom. The molecule has 0 aromatic heterocycles. The van der Waals surface area contributed by atoms with Crippen LogP contribution in [0.2, 0.25) is 5.02 Å². The van der Waals surface area contributed by atoms with Crippen molar-refractivity contribution >= 4 is 17.6 Å². The molecule has 1 aromatic rings. The number of carboxylic acid groups (broad SMARTS) is 1. The summed E-state index contributed by atoms with van der Waals surface area (Å²) in [6.45, 7) is 2.57. The summed E-state index contributed by atoms with van der Waals surface area (Å²) in [4.78, 5) is 10.2. The van der Waals surface area contributed by atoms with E-state index in [1.54, 1.807) is 0 Å². The van der Waals surface area contributed by atoms with Crippen molar-refractivity contribution in [2.75, 3.05) is 6.61 Å². The van der Waals surface area contributed by atoms with E-state index < -0.39 is 5.97 Å². The fourth-order valence-electron chi connectivity index (χ4n) is 1.15. The van der Waals surface area contributed by atoms with Crippen LogP contribution in [0.25, 0.3) is 0 Å². The quantitative estimate of drug-likeness (QED) is 0.789. The summed E-state index contributed by atoms with van der Waals surface area (Å²) >= 11 is 5.87. The Kier molecular flexibility index (Phi) is 4.59. The summed E-state index contributed by atoms with van der Waals surface area (Å²) in [6.07, 6.45) is 0.0343. The minimum absolute atomic E-state index is 0.0343. The predicted octanol–water partition coefficient (Wildman–Crippen LogP) is 2.64. The summed E-state index contributed by atoms with van der Waals surface area (Å²) in [5, 5.41) is 9.12. The van der Waals surface area contributed by atoms with Crippen molar-refractivity contribution in [2.24, 2.45) is 0 Å².